The number of aromatic nitrogens is 3. The van der Waals surface area contributed by atoms with Crippen molar-refractivity contribution in [1.82, 2.24) is 14.8 Å². The number of rotatable bonds is 11. The molecule has 2 aromatic heterocycles. The summed E-state index contributed by atoms with van der Waals surface area (Å²) in [5.74, 6) is -0.0380. The monoisotopic (exact) mass is 496 g/mol. The predicted octanol–water partition coefficient (Wildman–Crippen LogP) is 4.88. The van der Waals surface area contributed by atoms with Crippen LogP contribution in [0.25, 0.3) is 17.2 Å². The van der Waals surface area contributed by atoms with Crippen molar-refractivity contribution in [2.24, 2.45) is 0 Å². The maximum Gasteiger partial charge on any atom is 0.305 e. The highest BCUT2D eigenvalue weighted by molar-refractivity contribution is 5.83. The van der Waals surface area contributed by atoms with Crippen molar-refractivity contribution in [3.05, 3.63) is 65.2 Å². The zero-order chi connectivity index (χ0) is 26.4. The zero-order valence-electron chi connectivity index (χ0n) is 20.9. The molecule has 0 bridgehead atoms. The summed E-state index contributed by atoms with van der Waals surface area (Å²) in [4.78, 5) is 15.8. The van der Waals surface area contributed by atoms with Gasteiger partial charge >= 0.3 is 5.97 Å². The van der Waals surface area contributed by atoms with E-state index in [1.54, 1.807) is 24.4 Å². The normalized spacial score (nSPS) is 13.3. The number of carbonyl (C=O) groups is 1. The van der Waals surface area contributed by atoms with Gasteiger partial charge in [0.2, 0.25) is 0 Å². The maximum absolute atomic E-state index is 13.7. The second-order valence-corrected chi connectivity index (χ2v) is 8.99. The average Bonchev–Trinajstić information content (AvgIpc) is 3.26. The maximum atomic E-state index is 13.7. The minimum atomic E-state index is -1.17. The van der Waals surface area contributed by atoms with Gasteiger partial charge in [-0.1, -0.05) is 38.1 Å². The lowest BCUT2D eigenvalue weighted by atomic mass is 9.90. The molecule has 2 heterocycles. The van der Waals surface area contributed by atoms with Crippen molar-refractivity contribution in [3.8, 4) is 11.1 Å². The molecule has 0 radical (unpaired) electrons. The van der Waals surface area contributed by atoms with Crippen LogP contribution >= 0.6 is 0 Å². The number of carboxylic acids is 1. The molecule has 8 nitrogen and oxygen atoms in total. The average molecular weight is 497 g/mol. The van der Waals surface area contributed by atoms with Crippen LogP contribution in [0.5, 0.6) is 0 Å². The van der Waals surface area contributed by atoms with Gasteiger partial charge in [0.05, 0.1) is 30.5 Å². The fourth-order valence-corrected chi connectivity index (χ4v) is 4.09. The van der Waals surface area contributed by atoms with Crippen LogP contribution in [-0.4, -0.2) is 48.3 Å². The number of halogens is 1. The number of aliphatic hydroxyl groups excluding tert-OH is 2. The standard InChI is InChI=1S/C27H33FN4O4/c1-5-32-23(12-13-29-32)30-27-17(4)25(18-6-8-19(28)9-7-18)22(26(31-27)16(2)3)11-10-20(33)14-21(34)15-24(35)36/h6-13,16,20-21,33-34H,5,14-15H2,1-4H3,(H,30,31)(H,35,36)/b11-10+/t20-,21-/m1/s1. The molecule has 0 aliphatic heterocycles. The number of benzene rings is 1. The van der Waals surface area contributed by atoms with Gasteiger partial charge in [-0.15, -0.1) is 0 Å². The Morgan fingerprint density at radius 3 is 2.50 bits per heavy atom. The molecule has 36 heavy (non-hydrogen) atoms. The van der Waals surface area contributed by atoms with E-state index in [4.69, 9.17) is 10.1 Å². The van der Waals surface area contributed by atoms with Crippen LogP contribution in [0.4, 0.5) is 16.0 Å². The van der Waals surface area contributed by atoms with Crippen LogP contribution < -0.4 is 5.32 Å². The van der Waals surface area contributed by atoms with Crippen molar-refractivity contribution < 1.29 is 24.5 Å². The summed E-state index contributed by atoms with van der Waals surface area (Å²) in [5, 5.41) is 36.9. The van der Waals surface area contributed by atoms with E-state index in [1.165, 1.54) is 18.2 Å². The molecule has 0 spiro atoms. The fraction of sp³-hybridized carbons (Fsp3) is 0.370. The van der Waals surface area contributed by atoms with E-state index in [0.29, 0.717) is 12.4 Å². The third-order valence-electron chi connectivity index (χ3n) is 5.86. The highest BCUT2D eigenvalue weighted by atomic mass is 19.1. The third-order valence-corrected chi connectivity index (χ3v) is 5.86. The quantitative estimate of drug-likeness (QED) is 0.299. The molecular weight excluding hydrogens is 463 g/mol. The van der Waals surface area contributed by atoms with Crippen LogP contribution in [0.1, 0.15) is 56.4 Å². The summed E-state index contributed by atoms with van der Waals surface area (Å²) < 4.78 is 15.6. The van der Waals surface area contributed by atoms with E-state index in [1.807, 2.05) is 38.4 Å². The third kappa shape index (κ3) is 6.56. The molecule has 2 atom stereocenters. The minimum Gasteiger partial charge on any atom is -0.481 e. The number of aliphatic carboxylic acids is 1. The lowest BCUT2D eigenvalue weighted by Gasteiger charge is -2.21. The molecule has 0 fully saturated rings. The van der Waals surface area contributed by atoms with Crippen molar-refractivity contribution in [3.63, 3.8) is 0 Å². The Balaban J connectivity index is 2.12. The van der Waals surface area contributed by atoms with Gasteiger partial charge in [-0.25, -0.2) is 14.1 Å². The van der Waals surface area contributed by atoms with Crippen LogP contribution in [0.15, 0.2) is 42.6 Å². The zero-order valence-corrected chi connectivity index (χ0v) is 20.9. The van der Waals surface area contributed by atoms with Crippen LogP contribution in [0.2, 0.25) is 0 Å². The Kier molecular flexibility index (Phi) is 8.95. The highest BCUT2D eigenvalue weighted by Gasteiger charge is 2.21. The number of nitrogens with one attached hydrogen (secondary N) is 1. The topological polar surface area (TPSA) is 121 Å². The molecular formula is C27H33FN4O4. The van der Waals surface area contributed by atoms with Gasteiger partial charge in [-0.3, -0.25) is 4.79 Å². The first-order chi connectivity index (χ1) is 17.1. The molecule has 9 heteroatoms. The molecule has 0 amide bonds. The Bertz CT molecular complexity index is 1220. The molecule has 192 valence electrons. The summed E-state index contributed by atoms with van der Waals surface area (Å²) in [6, 6.07) is 8.06. The Labute approximate surface area is 210 Å². The summed E-state index contributed by atoms with van der Waals surface area (Å²) in [6.07, 6.45) is 2.20. The lowest BCUT2D eigenvalue weighted by Crippen LogP contribution is -2.19. The van der Waals surface area contributed by atoms with E-state index in [-0.39, 0.29) is 18.2 Å². The fourth-order valence-electron chi connectivity index (χ4n) is 4.09. The molecule has 0 aliphatic carbocycles. The van der Waals surface area contributed by atoms with E-state index in [0.717, 1.165) is 33.8 Å². The molecule has 0 unspecified atom stereocenters. The summed E-state index contributed by atoms with van der Waals surface area (Å²) >= 11 is 0. The second kappa shape index (κ2) is 11.9. The van der Waals surface area contributed by atoms with E-state index >= 15 is 0 Å². The SMILES string of the molecule is CCn1nccc1Nc1nc(C(C)C)c(/C=C/[C@@H](O)C[C@@H](O)CC(=O)O)c(-c2ccc(F)cc2)c1C. The summed E-state index contributed by atoms with van der Waals surface area (Å²) in [6.45, 7) is 8.62. The number of aryl methyl sites for hydroxylation is 1. The molecule has 3 aromatic rings. The van der Waals surface area contributed by atoms with Crippen molar-refractivity contribution in [1.29, 1.82) is 0 Å². The molecule has 4 N–H and O–H groups in total. The molecule has 1 aromatic carbocycles. The van der Waals surface area contributed by atoms with Crippen LogP contribution in [0, 0.1) is 12.7 Å². The highest BCUT2D eigenvalue weighted by Crippen LogP contribution is 2.37. The van der Waals surface area contributed by atoms with Gasteiger partial charge in [-0.05, 0) is 43.0 Å². The Morgan fingerprint density at radius 2 is 1.89 bits per heavy atom. The molecule has 0 saturated carbocycles. The van der Waals surface area contributed by atoms with Crippen molar-refractivity contribution in [2.75, 3.05) is 5.32 Å². The first kappa shape index (κ1) is 27.0. The van der Waals surface area contributed by atoms with Crippen LogP contribution in [-0.2, 0) is 11.3 Å². The summed E-state index contributed by atoms with van der Waals surface area (Å²) in [5.41, 5.74) is 3.96. The number of pyridine rings is 1. The number of nitrogens with zero attached hydrogens (tertiary/aromatic N) is 3. The summed E-state index contributed by atoms with van der Waals surface area (Å²) in [7, 11) is 0. The lowest BCUT2D eigenvalue weighted by molar-refractivity contribution is -0.139. The second-order valence-electron chi connectivity index (χ2n) is 8.99. The van der Waals surface area contributed by atoms with Gasteiger partial charge < -0.3 is 20.6 Å². The van der Waals surface area contributed by atoms with Gasteiger partial charge in [0, 0.05) is 30.2 Å². The van der Waals surface area contributed by atoms with E-state index in [2.05, 4.69) is 10.4 Å². The van der Waals surface area contributed by atoms with Gasteiger partial charge in [0.25, 0.3) is 0 Å². The number of hydrogen-bond donors (Lipinski definition) is 4. The Morgan fingerprint density at radius 1 is 1.19 bits per heavy atom. The predicted molar refractivity (Wildman–Crippen MR) is 138 cm³/mol. The van der Waals surface area contributed by atoms with Gasteiger partial charge in [0.1, 0.15) is 17.5 Å². The number of carboxylic acid groups (broad SMARTS) is 1. The first-order valence-electron chi connectivity index (χ1n) is 12.0. The van der Waals surface area contributed by atoms with Crippen LogP contribution in [0.3, 0.4) is 0 Å². The molecule has 0 aliphatic rings. The Hall–Kier alpha value is -3.56. The smallest absolute Gasteiger partial charge is 0.305 e. The first-order valence-corrected chi connectivity index (χ1v) is 12.0. The van der Waals surface area contributed by atoms with Gasteiger partial charge in [0.15, 0.2) is 0 Å². The van der Waals surface area contributed by atoms with E-state index in [9.17, 15) is 19.4 Å². The number of anilines is 2. The van der Waals surface area contributed by atoms with Gasteiger partial charge in [-0.2, -0.15) is 5.10 Å². The minimum absolute atomic E-state index is 0.0100. The van der Waals surface area contributed by atoms with Crippen molar-refractivity contribution in [2.45, 2.75) is 65.2 Å². The largest absolute Gasteiger partial charge is 0.481 e. The number of aliphatic hydroxyl groups is 2. The molecule has 0 saturated heterocycles. The van der Waals surface area contributed by atoms with E-state index < -0.39 is 24.6 Å². The van der Waals surface area contributed by atoms with Crippen molar-refractivity contribution >= 4 is 23.7 Å². The number of hydrogen-bond acceptors (Lipinski definition) is 6. The molecule has 3 rings (SSSR count).